The predicted molar refractivity (Wildman–Crippen MR) is 92.6 cm³/mol. The molecule has 24 heavy (non-hydrogen) atoms. The van der Waals surface area contributed by atoms with E-state index in [0.717, 1.165) is 36.2 Å². The van der Waals surface area contributed by atoms with Crippen molar-refractivity contribution in [3.8, 4) is 0 Å². The van der Waals surface area contributed by atoms with E-state index >= 15 is 0 Å². The van der Waals surface area contributed by atoms with Crippen LogP contribution in [0, 0.1) is 12.3 Å². The van der Waals surface area contributed by atoms with Gasteiger partial charge in [-0.05, 0) is 44.1 Å². The largest absolute Gasteiger partial charge is 0.462 e. The number of aromatic nitrogens is 1. The molecule has 0 spiro atoms. The first kappa shape index (κ1) is 17.1. The van der Waals surface area contributed by atoms with Crippen molar-refractivity contribution in [1.29, 1.82) is 0 Å². The van der Waals surface area contributed by atoms with Crippen molar-refractivity contribution in [3.05, 3.63) is 28.1 Å². The van der Waals surface area contributed by atoms with Gasteiger partial charge in [0.15, 0.2) is 5.78 Å². The van der Waals surface area contributed by atoms with Crippen LogP contribution in [0.3, 0.4) is 0 Å². The first-order valence-electron chi connectivity index (χ1n) is 9.07. The maximum Gasteiger partial charge on any atom is 0.340 e. The zero-order valence-electron chi connectivity index (χ0n) is 15.2. The van der Waals surface area contributed by atoms with Gasteiger partial charge in [0.25, 0.3) is 0 Å². The summed E-state index contributed by atoms with van der Waals surface area (Å²) < 4.78 is 5.29. The molecule has 130 valence electrons. The van der Waals surface area contributed by atoms with E-state index in [0.29, 0.717) is 30.1 Å². The molecule has 0 bridgehead atoms. The number of pyridine rings is 1. The lowest BCUT2D eigenvalue weighted by atomic mass is 9.73. The lowest BCUT2D eigenvalue weighted by Gasteiger charge is -2.32. The highest BCUT2D eigenvalue weighted by molar-refractivity contribution is 6.03. The molecule has 1 aromatic heterocycles. The fourth-order valence-corrected chi connectivity index (χ4v) is 4.28. The summed E-state index contributed by atoms with van der Waals surface area (Å²) in [5, 5.41) is 0. The Morgan fingerprint density at radius 2 is 1.92 bits per heavy atom. The molecule has 1 heterocycles. The number of ether oxygens (including phenoxy) is 1. The number of carbonyl (C=O) groups is 2. The van der Waals surface area contributed by atoms with Crippen molar-refractivity contribution in [2.75, 3.05) is 6.61 Å². The van der Waals surface area contributed by atoms with E-state index in [9.17, 15) is 9.59 Å². The van der Waals surface area contributed by atoms with Gasteiger partial charge in [-0.2, -0.15) is 0 Å². The minimum Gasteiger partial charge on any atom is -0.462 e. The molecule has 0 unspecified atom stereocenters. The fourth-order valence-electron chi connectivity index (χ4n) is 4.28. The minimum absolute atomic E-state index is 0.0675. The van der Waals surface area contributed by atoms with E-state index in [4.69, 9.17) is 9.72 Å². The SMILES string of the molecule is CCOC(=O)c1c(C2CCCC2)nc2c(c1C)C(=O)CC(C)(C)C2. The molecule has 4 heteroatoms. The summed E-state index contributed by atoms with van der Waals surface area (Å²) in [6, 6.07) is 0. The summed E-state index contributed by atoms with van der Waals surface area (Å²) in [5.41, 5.74) is 3.67. The predicted octanol–water partition coefficient (Wildman–Crippen LogP) is 4.38. The van der Waals surface area contributed by atoms with E-state index in [1.165, 1.54) is 12.8 Å². The number of hydrogen-bond donors (Lipinski definition) is 0. The van der Waals surface area contributed by atoms with Gasteiger partial charge in [0.1, 0.15) is 0 Å². The Bertz CT molecular complexity index is 685. The van der Waals surface area contributed by atoms with Crippen LogP contribution in [-0.4, -0.2) is 23.3 Å². The summed E-state index contributed by atoms with van der Waals surface area (Å²) in [7, 11) is 0. The monoisotopic (exact) mass is 329 g/mol. The highest BCUT2D eigenvalue weighted by Gasteiger charge is 2.37. The van der Waals surface area contributed by atoms with Crippen LogP contribution in [0.5, 0.6) is 0 Å². The Hall–Kier alpha value is -1.71. The van der Waals surface area contributed by atoms with E-state index in [2.05, 4.69) is 13.8 Å². The van der Waals surface area contributed by atoms with Crippen LogP contribution >= 0.6 is 0 Å². The number of ketones is 1. The molecule has 3 rings (SSSR count). The van der Waals surface area contributed by atoms with Crippen molar-refractivity contribution in [2.24, 2.45) is 5.41 Å². The molecular formula is C20H27NO3. The first-order chi connectivity index (χ1) is 11.3. The number of hydrogen-bond acceptors (Lipinski definition) is 4. The number of carbonyl (C=O) groups excluding carboxylic acids is 2. The third-order valence-corrected chi connectivity index (χ3v) is 5.34. The van der Waals surface area contributed by atoms with E-state index in [1.807, 2.05) is 13.8 Å². The minimum atomic E-state index is -0.329. The number of rotatable bonds is 3. The number of Topliss-reactive ketones (excluding diaryl/α,β-unsaturated/α-hetero) is 1. The maximum absolute atomic E-state index is 12.7. The molecule has 2 aliphatic rings. The molecule has 0 atom stereocenters. The number of fused-ring (bicyclic) bond motifs is 1. The van der Waals surface area contributed by atoms with Gasteiger partial charge in [-0.15, -0.1) is 0 Å². The average Bonchev–Trinajstić information content (AvgIpc) is 2.98. The fraction of sp³-hybridized carbons (Fsp3) is 0.650. The Labute approximate surface area is 144 Å². The lowest BCUT2D eigenvalue weighted by Crippen LogP contribution is -2.30. The van der Waals surface area contributed by atoms with Crippen molar-refractivity contribution in [3.63, 3.8) is 0 Å². The second kappa shape index (κ2) is 6.30. The molecule has 2 aliphatic carbocycles. The van der Waals surface area contributed by atoms with Crippen LogP contribution in [0.15, 0.2) is 0 Å². The van der Waals surface area contributed by atoms with E-state index in [-0.39, 0.29) is 17.2 Å². The van der Waals surface area contributed by atoms with E-state index in [1.54, 1.807) is 0 Å². The third-order valence-electron chi connectivity index (χ3n) is 5.34. The molecule has 4 nitrogen and oxygen atoms in total. The van der Waals surface area contributed by atoms with Crippen LogP contribution in [0.25, 0.3) is 0 Å². The zero-order valence-corrected chi connectivity index (χ0v) is 15.2. The van der Waals surface area contributed by atoms with Crippen LogP contribution in [0.4, 0.5) is 0 Å². The van der Waals surface area contributed by atoms with Gasteiger partial charge in [-0.25, -0.2) is 4.79 Å². The first-order valence-corrected chi connectivity index (χ1v) is 9.07. The molecule has 0 N–H and O–H groups in total. The van der Waals surface area contributed by atoms with Crippen LogP contribution < -0.4 is 0 Å². The summed E-state index contributed by atoms with van der Waals surface area (Å²) >= 11 is 0. The lowest BCUT2D eigenvalue weighted by molar-refractivity contribution is 0.0523. The Morgan fingerprint density at radius 3 is 2.54 bits per heavy atom. The molecule has 0 amide bonds. The average molecular weight is 329 g/mol. The topological polar surface area (TPSA) is 56.3 Å². The van der Waals surface area contributed by atoms with Crippen molar-refractivity contribution in [1.82, 2.24) is 4.98 Å². The molecule has 1 aromatic rings. The normalized spacial score (nSPS) is 20.1. The molecule has 0 radical (unpaired) electrons. The maximum atomic E-state index is 12.7. The Kier molecular flexibility index (Phi) is 4.50. The van der Waals surface area contributed by atoms with E-state index < -0.39 is 0 Å². The summed E-state index contributed by atoms with van der Waals surface area (Å²) in [6.07, 6.45) is 5.78. The summed E-state index contributed by atoms with van der Waals surface area (Å²) in [5.74, 6) is 0.0909. The molecule has 1 saturated carbocycles. The van der Waals surface area contributed by atoms with Crippen molar-refractivity contribution < 1.29 is 14.3 Å². The number of esters is 1. The zero-order chi connectivity index (χ0) is 17.5. The molecule has 1 fully saturated rings. The van der Waals surface area contributed by atoms with Crippen LogP contribution in [0.2, 0.25) is 0 Å². The molecule has 0 aromatic carbocycles. The smallest absolute Gasteiger partial charge is 0.340 e. The standard InChI is InChI=1S/C20H27NO3/c1-5-24-19(23)17-12(2)16-14(10-20(3,4)11-15(16)22)21-18(17)13-8-6-7-9-13/h13H,5-11H2,1-4H3. The second-order valence-electron chi connectivity index (χ2n) is 7.96. The van der Waals surface area contributed by atoms with Gasteiger partial charge in [-0.1, -0.05) is 26.7 Å². The highest BCUT2D eigenvalue weighted by atomic mass is 16.5. The van der Waals surface area contributed by atoms with Gasteiger partial charge in [-0.3, -0.25) is 9.78 Å². The second-order valence-corrected chi connectivity index (χ2v) is 7.96. The van der Waals surface area contributed by atoms with Gasteiger partial charge >= 0.3 is 5.97 Å². The molecular weight excluding hydrogens is 302 g/mol. The molecule has 0 aliphatic heterocycles. The Balaban J connectivity index is 2.18. The summed E-state index contributed by atoms with van der Waals surface area (Å²) in [4.78, 5) is 30.2. The van der Waals surface area contributed by atoms with Gasteiger partial charge in [0.05, 0.1) is 23.6 Å². The van der Waals surface area contributed by atoms with Crippen LogP contribution in [-0.2, 0) is 11.2 Å². The van der Waals surface area contributed by atoms with Crippen molar-refractivity contribution >= 4 is 11.8 Å². The van der Waals surface area contributed by atoms with Gasteiger partial charge < -0.3 is 4.74 Å². The van der Waals surface area contributed by atoms with Crippen LogP contribution in [0.1, 0.15) is 96.5 Å². The summed E-state index contributed by atoms with van der Waals surface area (Å²) in [6.45, 7) is 8.25. The van der Waals surface area contributed by atoms with Gasteiger partial charge in [0, 0.05) is 17.9 Å². The van der Waals surface area contributed by atoms with Gasteiger partial charge in [0.2, 0.25) is 0 Å². The highest BCUT2D eigenvalue weighted by Crippen LogP contribution is 2.41. The third kappa shape index (κ3) is 2.99. The van der Waals surface area contributed by atoms with Crippen molar-refractivity contribution in [2.45, 2.75) is 72.1 Å². The Morgan fingerprint density at radius 1 is 1.25 bits per heavy atom. The number of nitrogens with zero attached hydrogens (tertiary/aromatic N) is 1. The molecule has 0 saturated heterocycles. The quantitative estimate of drug-likeness (QED) is 0.772.